The second-order valence-electron chi connectivity index (χ2n) is 7.18. The molecule has 0 fully saturated rings. The number of pyridine rings is 1. The van der Waals surface area contributed by atoms with Crippen LogP contribution in [0, 0.1) is 6.07 Å². The molecule has 2 heterocycles. The number of fused-ring (bicyclic) bond motifs is 4. The van der Waals surface area contributed by atoms with Gasteiger partial charge in [0.1, 0.15) is 23.3 Å². The molecule has 2 aliphatic rings. The first-order valence-electron chi connectivity index (χ1n) is 10.6. The van der Waals surface area contributed by atoms with Crippen LogP contribution in [0.25, 0.3) is 10.9 Å². The van der Waals surface area contributed by atoms with E-state index in [9.17, 15) is 5.11 Å². The number of aliphatic imine (C=N–C) groups is 1. The van der Waals surface area contributed by atoms with Crippen molar-refractivity contribution in [2.75, 3.05) is 0 Å². The number of nitrogens with zero attached hydrogens (tertiary/aromatic N) is 2. The van der Waals surface area contributed by atoms with Gasteiger partial charge in [-0.25, -0.2) is 4.98 Å². The summed E-state index contributed by atoms with van der Waals surface area (Å²) in [6.07, 6.45) is -2.06. The van der Waals surface area contributed by atoms with Gasteiger partial charge < -0.3 is 14.6 Å². The molecule has 0 bridgehead atoms. The maximum atomic E-state index is 10.1. The molecule has 0 saturated carbocycles. The topological polar surface area (TPSA) is 63.9 Å². The largest absolute Gasteiger partial charge is 0.510 e. The van der Waals surface area contributed by atoms with Crippen LogP contribution in [0.5, 0.6) is 17.4 Å². The fourth-order valence-electron chi connectivity index (χ4n) is 3.83. The Morgan fingerprint density at radius 3 is 2.84 bits per heavy atom. The molecule has 1 aromatic heterocycles. The summed E-state index contributed by atoms with van der Waals surface area (Å²) in [6, 6.07) is 24.0. The molecule has 6 heteroatoms. The average Bonchev–Trinajstić information content (AvgIpc) is 3.34. The fraction of sp³-hybridized carbons (Fsp3) is 0.120. The standard InChI is InChI=1S/C25H17N2O3.Pt/c28-21-10-4-6-15-11-12-22(27-23(15)21)29-18-8-3-7-17(13-18)25-26-20-14-16-5-1-2-9-19(16)24(20)30-25;/h1-12,20,24,28H,14H2;/q-1;/t20-,24-;/m0./s1/i14D2;. The summed E-state index contributed by atoms with van der Waals surface area (Å²) in [5.41, 5.74) is 2.49. The Labute approximate surface area is 196 Å². The number of phenols is 1. The number of rotatable bonds is 3. The predicted octanol–water partition coefficient (Wildman–Crippen LogP) is 4.97. The minimum atomic E-state index is -1.60. The maximum absolute atomic E-state index is 10.1. The number of hydrogen-bond acceptors (Lipinski definition) is 5. The van der Waals surface area contributed by atoms with Gasteiger partial charge in [0.15, 0.2) is 0 Å². The molecule has 2 atom stereocenters. The first kappa shape index (κ1) is 17.5. The average molecular weight is 591 g/mol. The van der Waals surface area contributed by atoms with Gasteiger partial charge in [0.05, 0.1) is 6.04 Å². The second kappa shape index (κ2) is 7.82. The molecule has 0 saturated heterocycles. The molecule has 1 aliphatic carbocycles. The van der Waals surface area contributed by atoms with Gasteiger partial charge in [-0.3, -0.25) is 4.99 Å². The summed E-state index contributed by atoms with van der Waals surface area (Å²) >= 11 is 0. The minimum absolute atomic E-state index is 0. The smallest absolute Gasteiger partial charge is 0.217 e. The SMILES string of the molecule is [2H]C1([2H])c2ccccc2[C@@H]2OC(c3[c-]c(Oc4ccc5cccc(O)c5n4)ccc3)=N[C@H]21.[Pt]. The monoisotopic (exact) mass is 590 g/mol. The van der Waals surface area contributed by atoms with Crippen molar-refractivity contribution in [3.05, 3.63) is 95.6 Å². The van der Waals surface area contributed by atoms with Crippen molar-refractivity contribution >= 4 is 16.8 Å². The van der Waals surface area contributed by atoms with E-state index in [0.29, 0.717) is 34.2 Å². The second-order valence-corrected chi connectivity index (χ2v) is 7.18. The van der Waals surface area contributed by atoms with E-state index in [-0.39, 0.29) is 26.8 Å². The third-order valence-corrected chi connectivity index (χ3v) is 5.24. The van der Waals surface area contributed by atoms with E-state index >= 15 is 0 Å². The van der Waals surface area contributed by atoms with Crippen LogP contribution in [0.2, 0.25) is 0 Å². The number of hydrogen-bond donors (Lipinski definition) is 1. The number of aromatic nitrogens is 1. The molecular weight excluding hydrogens is 571 g/mol. The van der Waals surface area contributed by atoms with Gasteiger partial charge in [0, 0.05) is 41.0 Å². The Kier molecular flexibility index (Phi) is 4.42. The van der Waals surface area contributed by atoms with Gasteiger partial charge in [0.25, 0.3) is 0 Å². The summed E-state index contributed by atoms with van der Waals surface area (Å²) < 4.78 is 29.0. The van der Waals surface area contributed by atoms with Crippen LogP contribution in [-0.4, -0.2) is 22.0 Å². The van der Waals surface area contributed by atoms with Crippen molar-refractivity contribution in [1.82, 2.24) is 4.98 Å². The van der Waals surface area contributed by atoms with Crippen LogP contribution < -0.4 is 4.74 Å². The molecule has 5 nitrogen and oxygen atoms in total. The molecule has 1 aliphatic heterocycles. The van der Waals surface area contributed by atoms with Gasteiger partial charge >= 0.3 is 0 Å². The van der Waals surface area contributed by atoms with E-state index in [4.69, 9.17) is 12.2 Å². The summed E-state index contributed by atoms with van der Waals surface area (Å²) in [5, 5.41) is 10.9. The quantitative estimate of drug-likeness (QED) is 0.343. The van der Waals surface area contributed by atoms with Gasteiger partial charge in [-0.2, -0.15) is 0 Å². The molecule has 0 unspecified atom stereocenters. The van der Waals surface area contributed by atoms with Gasteiger partial charge in [0.2, 0.25) is 5.88 Å². The van der Waals surface area contributed by atoms with Gasteiger partial charge in [-0.15, -0.1) is 18.2 Å². The Balaban J connectivity index is 0.00000228. The molecule has 31 heavy (non-hydrogen) atoms. The zero-order chi connectivity index (χ0) is 21.9. The van der Waals surface area contributed by atoms with Crippen molar-refractivity contribution < 1.29 is 38.4 Å². The van der Waals surface area contributed by atoms with E-state index in [1.165, 1.54) is 0 Å². The van der Waals surface area contributed by atoms with Crippen molar-refractivity contribution in [2.24, 2.45) is 4.99 Å². The van der Waals surface area contributed by atoms with Crippen molar-refractivity contribution in [3.63, 3.8) is 0 Å². The van der Waals surface area contributed by atoms with Crippen LogP contribution in [0.1, 0.15) is 25.5 Å². The van der Waals surface area contributed by atoms with E-state index in [1.807, 2.05) is 30.3 Å². The molecule has 3 aromatic carbocycles. The third-order valence-electron chi connectivity index (χ3n) is 5.24. The van der Waals surface area contributed by atoms with E-state index in [0.717, 1.165) is 10.9 Å². The first-order valence-corrected chi connectivity index (χ1v) is 9.64. The summed E-state index contributed by atoms with van der Waals surface area (Å²) in [7, 11) is 0. The molecule has 4 aromatic rings. The van der Waals surface area contributed by atoms with Crippen molar-refractivity contribution in [3.8, 4) is 17.4 Å². The molecular formula is C25H17N2O3Pt-. The minimum Gasteiger partial charge on any atom is -0.510 e. The zero-order valence-corrected chi connectivity index (χ0v) is 18.3. The van der Waals surface area contributed by atoms with Crippen molar-refractivity contribution in [2.45, 2.75) is 18.5 Å². The molecule has 6 rings (SSSR count). The summed E-state index contributed by atoms with van der Waals surface area (Å²) in [5.74, 6) is 1.16. The summed E-state index contributed by atoms with van der Waals surface area (Å²) in [4.78, 5) is 8.96. The first-order chi connectivity index (χ1) is 15.5. The summed E-state index contributed by atoms with van der Waals surface area (Å²) in [6.45, 7) is 0. The molecule has 0 amide bonds. The van der Waals surface area contributed by atoms with Crippen molar-refractivity contribution in [1.29, 1.82) is 0 Å². The van der Waals surface area contributed by atoms with Crippen LogP contribution >= 0.6 is 0 Å². The Morgan fingerprint density at radius 1 is 1.03 bits per heavy atom. The number of para-hydroxylation sites is 1. The molecule has 0 radical (unpaired) electrons. The van der Waals surface area contributed by atoms with E-state index in [2.05, 4.69) is 16.0 Å². The maximum Gasteiger partial charge on any atom is 0.217 e. The Bertz CT molecular complexity index is 1410. The van der Waals surface area contributed by atoms with Crippen LogP contribution in [-0.2, 0) is 32.2 Å². The van der Waals surface area contributed by atoms with Crippen LogP contribution in [0.3, 0.4) is 0 Å². The molecule has 0 spiro atoms. The normalized spacial score (nSPS) is 21.1. The Hall–Kier alpha value is -3.17. The van der Waals surface area contributed by atoms with Crippen LogP contribution in [0.4, 0.5) is 0 Å². The third kappa shape index (κ3) is 3.49. The zero-order valence-electron chi connectivity index (χ0n) is 18.1. The van der Waals surface area contributed by atoms with Crippen LogP contribution in [0.15, 0.2) is 77.8 Å². The van der Waals surface area contributed by atoms with E-state index in [1.54, 1.807) is 42.5 Å². The number of phenolic OH excluding ortho intramolecular Hbond substituents is 1. The fourth-order valence-corrected chi connectivity index (χ4v) is 3.83. The Morgan fingerprint density at radius 2 is 1.90 bits per heavy atom. The van der Waals surface area contributed by atoms with Gasteiger partial charge in [-0.1, -0.05) is 48.0 Å². The molecule has 1 N–H and O–H groups in total. The predicted molar refractivity (Wildman–Crippen MR) is 113 cm³/mol. The number of aromatic hydroxyl groups is 1. The van der Waals surface area contributed by atoms with E-state index < -0.39 is 18.5 Å². The van der Waals surface area contributed by atoms with Gasteiger partial charge in [-0.05, 0) is 29.6 Å². The number of benzene rings is 3. The molecule has 156 valence electrons. The number of ether oxygens (including phenoxy) is 2.